The summed E-state index contributed by atoms with van der Waals surface area (Å²) in [6.07, 6.45) is 4.49. The van der Waals surface area contributed by atoms with E-state index in [2.05, 4.69) is 10.6 Å². The summed E-state index contributed by atoms with van der Waals surface area (Å²) in [6.45, 7) is 8.36. The molecule has 5 heteroatoms. The number of hydrogen-bond donors (Lipinski definition) is 2. The molecule has 2 rings (SSSR count). The first-order chi connectivity index (χ1) is 10.4. The number of carbonyl (C=O) groups excluding carboxylic acids is 2. The van der Waals surface area contributed by atoms with Crippen LogP contribution in [0.15, 0.2) is 0 Å². The second kappa shape index (κ2) is 7.44. The second-order valence-corrected chi connectivity index (χ2v) is 7.59. The lowest BCUT2D eigenvalue weighted by Crippen LogP contribution is -2.42. The maximum atomic E-state index is 12.7. The molecule has 0 radical (unpaired) electrons. The minimum Gasteiger partial charge on any atom is -0.460 e. The van der Waals surface area contributed by atoms with Crippen LogP contribution in [-0.2, 0) is 14.3 Å². The lowest BCUT2D eigenvalue weighted by Gasteiger charge is -2.34. The molecule has 0 aromatic heterocycles. The van der Waals surface area contributed by atoms with Crippen molar-refractivity contribution in [3.05, 3.63) is 0 Å². The number of rotatable bonds is 4. The van der Waals surface area contributed by atoms with Crippen LogP contribution in [0.1, 0.15) is 52.9 Å². The molecule has 2 atom stereocenters. The van der Waals surface area contributed by atoms with Crippen LogP contribution in [-0.4, -0.2) is 37.1 Å². The Balaban J connectivity index is 2.06. The first kappa shape index (κ1) is 17.3. The van der Waals surface area contributed by atoms with E-state index >= 15 is 0 Å². The van der Waals surface area contributed by atoms with Gasteiger partial charge in [-0.3, -0.25) is 9.59 Å². The molecular formula is C17H30N2O3. The molecule has 2 saturated heterocycles. The Morgan fingerprint density at radius 3 is 2.50 bits per heavy atom. The van der Waals surface area contributed by atoms with Crippen molar-refractivity contribution in [2.75, 3.05) is 19.6 Å². The van der Waals surface area contributed by atoms with Gasteiger partial charge in [0.05, 0.1) is 5.92 Å². The van der Waals surface area contributed by atoms with Gasteiger partial charge in [0, 0.05) is 12.5 Å². The van der Waals surface area contributed by atoms with Gasteiger partial charge >= 0.3 is 5.97 Å². The van der Waals surface area contributed by atoms with Crippen LogP contribution >= 0.6 is 0 Å². The number of esters is 1. The zero-order valence-electron chi connectivity index (χ0n) is 14.1. The molecule has 2 fully saturated rings. The molecule has 0 aromatic rings. The van der Waals surface area contributed by atoms with E-state index in [9.17, 15) is 9.59 Å². The normalized spacial score (nSPS) is 25.4. The Hall–Kier alpha value is -1.10. The van der Waals surface area contributed by atoms with Gasteiger partial charge in [-0.05, 0) is 71.9 Å². The highest BCUT2D eigenvalue weighted by molar-refractivity contribution is 5.80. The molecule has 0 saturated carbocycles. The fraction of sp³-hybridized carbons (Fsp3) is 0.882. The van der Waals surface area contributed by atoms with Gasteiger partial charge in [-0.15, -0.1) is 0 Å². The third-order valence-electron chi connectivity index (χ3n) is 4.60. The first-order valence-electron chi connectivity index (χ1n) is 8.58. The minimum atomic E-state index is -0.475. The molecule has 2 heterocycles. The van der Waals surface area contributed by atoms with Crippen LogP contribution < -0.4 is 10.6 Å². The van der Waals surface area contributed by atoms with Crippen molar-refractivity contribution in [3.63, 3.8) is 0 Å². The SMILES string of the molecule is CC(C)(C)OC(=O)C(CC1CCCNC1=O)C1CCNCC1. The fourth-order valence-corrected chi connectivity index (χ4v) is 3.47. The summed E-state index contributed by atoms with van der Waals surface area (Å²) in [5.74, 6) is 0.105. The number of amides is 1. The molecule has 126 valence electrons. The van der Waals surface area contributed by atoms with Crippen molar-refractivity contribution in [2.45, 2.75) is 58.5 Å². The predicted octanol–water partition coefficient (Wildman–Crippen LogP) is 1.86. The van der Waals surface area contributed by atoms with E-state index in [0.29, 0.717) is 12.3 Å². The van der Waals surface area contributed by atoms with Gasteiger partial charge in [-0.2, -0.15) is 0 Å². The standard InChI is InChI=1S/C17H30N2O3/c1-17(2,3)22-16(21)14(12-6-9-18-10-7-12)11-13-5-4-8-19-15(13)20/h12-14,18H,4-11H2,1-3H3,(H,19,20). The number of carbonyl (C=O) groups is 2. The molecule has 5 nitrogen and oxygen atoms in total. The number of nitrogens with one attached hydrogen (secondary N) is 2. The van der Waals surface area contributed by atoms with E-state index in [1.54, 1.807) is 0 Å². The summed E-state index contributed by atoms with van der Waals surface area (Å²) in [7, 11) is 0. The third-order valence-corrected chi connectivity index (χ3v) is 4.60. The maximum absolute atomic E-state index is 12.7. The third kappa shape index (κ3) is 4.97. The van der Waals surface area contributed by atoms with Gasteiger partial charge in [0.25, 0.3) is 0 Å². The van der Waals surface area contributed by atoms with Crippen LogP contribution in [0, 0.1) is 17.8 Å². The summed E-state index contributed by atoms with van der Waals surface area (Å²) in [6, 6.07) is 0. The van der Waals surface area contributed by atoms with Crippen molar-refractivity contribution in [2.24, 2.45) is 17.8 Å². The molecule has 0 aromatic carbocycles. The number of piperidine rings is 2. The van der Waals surface area contributed by atoms with E-state index in [-0.39, 0.29) is 23.7 Å². The molecule has 0 spiro atoms. The van der Waals surface area contributed by atoms with Gasteiger partial charge in [0.15, 0.2) is 0 Å². The van der Waals surface area contributed by atoms with Crippen molar-refractivity contribution >= 4 is 11.9 Å². The molecule has 2 unspecified atom stereocenters. The first-order valence-corrected chi connectivity index (χ1v) is 8.58. The van der Waals surface area contributed by atoms with Gasteiger partial charge in [-0.1, -0.05) is 0 Å². The Morgan fingerprint density at radius 2 is 1.91 bits per heavy atom. The van der Waals surface area contributed by atoms with E-state index in [4.69, 9.17) is 4.74 Å². The predicted molar refractivity (Wildman–Crippen MR) is 85.3 cm³/mol. The lowest BCUT2D eigenvalue weighted by atomic mass is 9.77. The smallest absolute Gasteiger partial charge is 0.309 e. The zero-order valence-corrected chi connectivity index (χ0v) is 14.1. The summed E-state index contributed by atoms with van der Waals surface area (Å²) in [5.41, 5.74) is -0.475. The Labute approximate surface area is 133 Å². The summed E-state index contributed by atoms with van der Waals surface area (Å²) < 4.78 is 5.64. The van der Waals surface area contributed by atoms with Crippen molar-refractivity contribution in [3.8, 4) is 0 Å². The van der Waals surface area contributed by atoms with Crippen LogP contribution in [0.25, 0.3) is 0 Å². The van der Waals surface area contributed by atoms with Crippen LogP contribution in [0.5, 0.6) is 0 Å². The van der Waals surface area contributed by atoms with Crippen molar-refractivity contribution in [1.82, 2.24) is 10.6 Å². The van der Waals surface area contributed by atoms with E-state index in [0.717, 1.165) is 45.3 Å². The summed E-state index contributed by atoms with van der Waals surface area (Å²) in [4.78, 5) is 24.7. The van der Waals surface area contributed by atoms with Crippen LogP contribution in [0.3, 0.4) is 0 Å². The number of hydrogen-bond acceptors (Lipinski definition) is 4. The highest BCUT2D eigenvalue weighted by atomic mass is 16.6. The minimum absolute atomic E-state index is 0.0406. The highest BCUT2D eigenvalue weighted by Crippen LogP contribution is 2.32. The van der Waals surface area contributed by atoms with Gasteiger partial charge in [0.1, 0.15) is 5.60 Å². The molecule has 0 aliphatic carbocycles. The molecule has 1 amide bonds. The monoisotopic (exact) mass is 310 g/mol. The molecule has 0 bridgehead atoms. The summed E-state index contributed by atoms with van der Waals surface area (Å²) in [5, 5.41) is 6.26. The lowest BCUT2D eigenvalue weighted by molar-refractivity contribution is -0.163. The Bertz CT molecular complexity index is 397. The molecule has 22 heavy (non-hydrogen) atoms. The second-order valence-electron chi connectivity index (χ2n) is 7.59. The van der Waals surface area contributed by atoms with E-state index in [1.165, 1.54) is 0 Å². The maximum Gasteiger partial charge on any atom is 0.309 e. The van der Waals surface area contributed by atoms with Crippen LogP contribution in [0.2, 0.25) is 0 Å². The Kier molecular flexibility index (Phi) is 5.84. The molecule has 2 aliphatic rings. The molecule has 2 aliphatic heterocycles. The average molecular weight is 310 g/mol. The largest absolute Gasteiger partial charge is 0.460 e. The molecule has 2 N–H and O–H groups in total. The average Bonchev–Trinajstić information content (AvgIpc) is 2.45. The van der Waals surface area contributed by atoms with Gasteiger partial charge in [-0.25, -0.2) is 0 Å². The zero-order chi connectivity index (χ0) is 16.2. The van der Waals surface area contributed by atoms with Crippen LogP contribution in [0.4, 0.5) is 0 Å². The number of ether oxygens (including phenoxy) is 1. The highest BCUT2D eigenvalue weighted by Gasteiger charge is 2.36. The van der Waals surface area contributed by atoms with Crippen molar-refractivity contribution in [1.29, 1.82) is 0 Å². The van der Waals surface area contributed by atoms with E-state index < -0.39 is 5.60 Å². The summed E-state index contributed by atoms with van der Waals surface area (Å²) >= 11 is 0. The van der Waals surface area contributed by atoms with E-state index in [1.807, 2.05) is 20.8 Å². The van der Waals surface area contributed by atoms with Crippen molar-refractivity contribution < 1.29 is 14.3 Å². The Morgan fingerprint density at radius 1 is 1.23 bits per heavy atom. The topological polar surface area (TPSA) is 67.4 Å². The quantitative estimate of drug-likeness (QED) is 0.778. The molecular weight excluding hydrogens is 280 g/mol. The van der Waals surface area contributed by atoms with Gasteiger partial charge in [0.2, 0.25) is 5.91 Å². The van der Waals surface area contributed by atoms with Gasteiger partial charge < -0.3 is 15.4 Å². The fourth-order valence-electron chi connectivity index (χ4n) is 3.47.